The van der Waals surface area contributed by atoms with E-state index in [0.29, 0.717) is 24.5 Å². The van der Waals surface area contributed by atoms with Gasteiger partial charge in [-0.1, -0.05) is 0 Å². The molecule has 6 heteroatoms. The minimum atomic E-state index is -0.601. The Morgan fingerprint density at radius 3 is 2.60 bits per heavy atom. The van der Waals surface area contributed by atoms with E-state index in [4.69, 9.17) is 4.74 Å². The molecule has 0 aromatic heterocycles. The molecule has 2 atom stereocenters. The first-order valence-corrected chi connectivity index (χ1v) is 6.67. The van der Waals surface area contributed by atoms with Gasteiger partial charge in [0.2, 0.25) is 0 Å². The highest BCUT2D eigenvalue weighted by molar-refractivity contribution is 6.21. The molecule has 6 nitrogen and oxygen atoms in total. The SMILES string of the molecule is CCOc1ccc(N2C(=O)[C@@H]3C[C@@H](O)CN3C2=O)cc1. The Hall–Kier alpha value is -2.08. The van der Waals surface area contributed by atoms with Crippen molar-refractivity contribution < 1.29 is 19.4 Å². The molecule has 0 saturated carbocycles. The van der Waals surface area contributed by atoms with Gasteiger partial charge in [-0.2, -0.15) is 0 Å². The summed E-state index contributed by atoms with van der Waals surface area (Å²) in [5, 5.41) is 9.54. The highest BCUT2D eigenvalue weighted by Crippen LogP contribution is 2.32. The van der Waals surface area contributed by atoms with E-state index in [9.17, 15) is 14.7 Å². The summed E-state index contributed by atoms with van der Waals surface area (Å²) in [5.41, 5.74) is 0.535. The zero-order valence-corrected chi connectivity index (χ0v) is 11.2. The van der Waals surface area contributed by atoms with Gasteiger partial charge in [-0.3, -0.25) is 4.79 Å². The second kappa shape index (κ2) is 4.79. The molecule has 3 amide bonds. The molecule has 2 saturated heterocycles. The molecule has 106 valence electrons. The molecule has 1 N–H and O–H groups in total. The van der Waals surface area contributed by atoms with Crippen molar-refractivity contribution in [1.29, 1.82) is 0 Å². The van der Waals surface area contributed by atoms with Gasteiger partial charge in [-0.25, -0.2) is 9.69 Å². The highest BCUT2D eigenvalue weighted by Gasteiger charge is 2.50. The summed E-state index contributed by atoms with van der Waals surface area (Å²) in [6, 6.07) is 5.97. The fourth-order valence-electron chi connectivity index (χ4n) is 2.73. The summed E-state index contributed by atoms with van der Waals surface area (Å²) in [6.45, 7) is 2.68. The first-order chi connectivity index (χ1) is 9.61. The molecular weight excluding hydrogens is 260 g/mol. The molecule has 0 radical (unpaired) electrons. The average Bonchev–Trinajstić information content (AvgIpc) is 2.91. The van der Waals surface area contributed by atoms with Crippen LogP contribution in [0.5, 0.6) is 5.75 Å². The number of fused-ring (bicyclic) bond motifs is 1. The number of carbonyl (C=O) groups excluding carboxylic acids is 2. The zero-order chi connectivity index (χ0) is 14.3. The third kappa shape index (κ3) is 1.92. The Balaban J connectivity index is 1.84. The van der Waals surface area contributed by atoms with Crippen LogP contribution in [0.1, 0.15) is 13.3 Å². The standard InChI is InChI=1S/C14H16N2O4/c1-2-20-11-5-3-9(4-6-11)16-13(18)12-7-10(17)8-15(12)14(16)19/h3-6,10,12,17H,2,7-8H2,1H3/t10-,12+/m1/s1. The number of hydrogen-bond acceptors (Lipinski definition) is 4. The van der Waals surface area contributed by atoms with Gasteiger partial charge in [0.05, 0.1) is 18.4 Å². The van der Waals surface area contributed by atoms with E-state index in [-0.39, 0.29) is 18.5 Å². The van der Waals surface area contributed by atoms with Crippen LogP contribution in [0, 0.1) is 0 Å². The first-order valence-electron chi connectivity index (χ1n) is 6.67. The van der Waals surface area contributed by atoms with Crippen LogP contribution in [0.3, 0.4) is 0 Å². The Kier molecular flexibility index (Phi) is 3.10. The maximum absolute atomic E-state index is 12.3. The predicted molar refractivity (Wildman–Crippen MR) is 71.6 cm³/mol. The molecule has 0 bridgehead atoms. The lowest BCUT2D eigenvalue weighted by molar-refractivity contribution is -0.119. The van der Waals surface area contributed by atoms with Crippen LogP contribution in [-0.4, -0.2) is 47.2 Å². The number of rotatable bonds is 3. The number of benzene rings is 1. The zero-order valence-electron chi connectivity index (χ0n) is 11.2. The summed E-state index contributed by atoms with van der Waals surface area (Å²) in [5.74, 6) is 0.432. The summed E-state index contributed by atoms with van der Waals surface area (Å²) >= 11 is 0. The number of hydrogen-bond donors (Lipinski definition) is 1. The van der Waals surface area contributed by atoms with Gasteiger partial charge in [0, 0.05) is 13.0 Å². The summed E-state index contributed by atoms with van der Waals surface area (Å²) < 4.78 is 5.33. The van der Waals surface area contributed by atoms with Crippen LogP contribution in [0.25, 0.3) is 0 Å². The van der Waals surface area contributed by atoms with Crippen molar-refractivity contribution >= 4 is 17.6 Å². The first kappa shape index (κ1) is 12.9. The topological polar surface area (TPSA) is 70.1 Å². The molecule has 1 aromatic carbocycles. The Morgan fingerprint density at radius 2 is 2.00 bits per heavy atom. The molecule has 1 aromatic rings. The van der Waals surface area contributed by atoms with Crippen molar-refractivity contribution in [2.45, 2.75) is 25.5 Å². The van der Waals surface area contributed by atoms with Gasteiger partial charge in [0.15, 0.2) is 0 Å². The van der Waals surface area contributed by atoms with Crippen LogP contribution >= 0.6 is 0 Å². The second-order valence-electron chi connectivity index (χ2n) is 4.94. The van der Waals surface area contributed by atoms with E-state index in [2.05, 4.69) is 0 Å². The number of urea groups is 1. The number of anilines is 1. The van der Waals surface area contributed by atoms with E-state index in [1.165, 1.54) is 9.80 Å². The van der Waals surface area contributed by atoms with Crippen molar-refractivity contribution in [3.63, 3.8) is 0 Å². The maximum atomic E-state index is 12.3. The summed E-state index contributed by atoms with van der Waals surface area (Å²) in [7, 11) is 0. The van der Waals surface area contributed by atoms with Crippen molar-refractivity contribution in [2.24, 2.45) is 0 Å². The van der Waals surface area contributed by atoms with Crippen molar-refractivity contribution in [3.8, 4) is 5.75 Å². The maximum Gasteiger partial charge on any atom is 0.332 e. The molecule has 2 aliphatic heterocycles. The third-order valence-corrected chi connectivity index (χ3v) is 3.63. The van der Waals surface area contributed by atoms with E-state index >= 15 is 0 Å². The van der Waals surface area contributed by atoms with Gasteiger partial charge >= 0.3 is 6.03 Å². The lowest BCUT2D eigenvalue weighted by Gasteiger charge is -2.16. The van der Waals surface area contributed by atoms with Gasteiger partial charge in [-0.05, 0) is 31.2 Å². The van der Waals surface area contributed by atoms with Gasteiger partial charge in [0.25, 0.3) is 5.91 Å². The molecule has 0 spiro atoms. The molecule has 0 unspecified atom stereocenters. The lowest BCUT2D eigenvalue weighted by atomic mass is 10.2. The van der Waals surface area contributed by atoms with Crippen LogP contribution in [0.15, 0.2) is 24.3 Å². The van der Waals surface area contributed by atoms with Gasteiger partial charge in [-0.15, -0.1) is 0 Å². The predicted octanol–water partition coefficient (Wildman–Crippen LogP) is 0.987. The molecule has 3 rings (SSSR count). The number of ether oxygens (including phenoxy) is 1. The summed E-state index contributed by atoms with van der Waals surface area (Å²) in [6.07, 6.45) is -0.284. The third-order valence-electron chi connectivity index (χ3n) is 3.63. The molecule has 20 heavy (non-hydrogen) atoms. The van der Waals surface area contributed by atoms with Crippen LogP contribution in [0.2, 0.25) is 0 Å². The Labute approximate surface area is 116 Å². The highest BCUT2D eigenvalue weighted by atomic mass is 16.5. The lowest BCUT2D eigenvalue weighted by Crippen LogP contribution is -2.34. The van der Waals surface area contributed by atoms with E-state index < -0.39 is 12.1 Å². The number of amides is 3. The van der Waals surface area contributed by atoms with Crippen molar-refractivity contribution in [3.05, 3.63) is 24.3 Å². The number of imide groups is 1. The van der Waals surface area contributed by atoms with Crippen molar-refractivity contribution in [1.82, 2.24) is 4.90 Å². The largest absolute Gasteiger partial charge is 0.494 e. The fourth-order valence-corrected chi connectivity index (χ4v) is 2.73. The smallest absolute Gasteiger partial charge is 0.332 e. The van der Waals surface area contributed by atoms with Crippen molar-refractivity contribution in [2.75, 3.05) is 18.1 Å². The molecular formula is C14H16N2O4. The second-order valence-corrected chi connectivity index (χ2v) is 4.94. The van der Waals surface area contributed by atoms with E-state index in [1.54, 1.807) is 24.3 Å². The Bertz CT molecular complexity index is 519. The molecule has 2 fully saturated rings. The Morgan fingerprint density at radius 1 is 1.30 bits per heavy atom. The average molecular weight is 276 g/mol. The normalized spacial score (nSPS) is 25.3. The van der Waals surface area contributed by atoms with E-state index in [0.717, 1.165) is 0 Å². The number of carbonyl (C=O) groups is 2. The molecule has 2 aliphatic rings. The van der Waals surface area contributed by atoms with Gasteiger partial charge < -0.3 is 14.7 Å². The molecule has 0 aliphatic carbocycles. The van der Waals surface area contributed by atoms with Crippen LogP contribution < -0.4 is 9.64 Å². The fraction of sp³-hybridized carbons (Fsp3) is 0.429. The number of nitrogens with zero attached hydrogens (tertiary/aromatic N) is 2. The monoisotopic (exact) mass is 276 g/mol. The number of aliphatic hydroxyl groups is 1. The minimum Gasteiger partial charge on any atom is -0.494 e. The number of aliphatic hydroxyl groups excluding tert-OH is 1. The minimum absolute atomic E-state index is 0.225. The van der Waals surface area contributed by atoms with Gasteiger partial charge in [0.1, 0.15) is 11.8 Å². The summed E-state index contributed by atoms with van der Waals surface area (Å²) in [4.78, 5) is 27.1. The quantitative estimate of drug-likeness (QED) is 0.836. The molecule has 2 heterocycles. The van der Waals surface area contributed by atoms with E-state index in [1.807, 2.05) is 6.92 Å². The van der Waals surface area contributed by atoms with Crippen LogP contribution in [-0.2, 0) is 4.79 Å². The van der Waals surface area contributed by atoms with Crippen LogP contribution in [0.4, 0.5) is 10.5 Å².